The van der Waals surface area contributed by atoms with Crippen LogP contribution in [0.25, 0.3) is 33.4 Å². The molecule has 260 valence electrons. The van der Waals surface area contributed by atoms with Gasteiger partial charge in [-0.05, 0) is 105 Å². The van der Waals surface area contributed by atoms with Crippen LogP contribution in [0.3, 0.4) is 0 Å². The SMILES string of the molecule is COc1ccc(C2(c3ccc(OC)c(-c4ccccc4)c3)c3ccccc3-c3ccc(N(c4ccccc4)c4ccccc4)cc32)cc1-c1ccccc1. The molecule has 1 aliphatic rings. The van der Waals surface area contributed by atoms with E-state index >= 15 is 0 Å². The zero-order valence-electron chi connectivity index (χ0n) is 30.3. The molecule has 0 aromatic heterocycles. The van der Waals surface area contributed by atoms with E-state index < -0.39 is 5.41 Å². The van der Waals surface area contributed by atoms with Gasteiger partial charge in [-0.3, -0.25) is 0 Å². The largest absolute Gasteiger partial charge is 0.496 e. The van der Waals surface area contributed by atoms with Crippen LogP contribution >= 0.6 is 0 Å². The summed E-state index contributed by atoms with van der Waals surface area (Å²) in [5.74, 6) is 1.67. The van der Waals surface area contributed by atoms with Gasteiger partial charge in [-0.2, -0.15) is 0 Å². The zero-order chi connectivity index (χ0) is 36.5. The van der Waals surface area contributed by atoms with E-state index in [2.05, 4.69) is 205 Å². The van der Waals surface area contributed by atoms with Crippen LogP contribution in [0.15, 0.2) is 200 Å². The molecule has 0 amide bonds. The maximum atomic E-state index is 6.03. The lowest BCUT2D eigenvalue weighted by molar-refractivity contribution is 0.416. The molecule has 0 saturated heterocycles. The van der Waals surface area contributed by atoms with Crippen LogP contribution in [0, 0.1) is 0 Å². The van der Waals surface area contributed by atoms with Crippen LogP contribution in [-0.4, -0.2) is 14.2 Å². The Hall–Kier alpha value is -6.84. The third-order valence-electron chi connectivity index (χ3n) is 10.7. The first-order valence-electron chi connectivity index (χ1n) is 18.3. The number of hydrogen-bond acceptors (Lipinski definition) is 3. The topological polar surface area (TPSA) is 21.7 Å². The maximum absolute atomic E-state index is 6.03. The molecular weight excluding hydrogens is 659 g/mol. The molecule has 1 aliphatic carbocycles. The highest BCUT2D eigenvalue weighted by Crippen LogP contribution is 2.58. The third kappa shape index (κ3) is 5.45. The molecule has 3 nitrogen and oxygen atoms in total. The fraction of sp³-hybridized carbons (Fsp3) is 0.0588. The van der Waals surface area contributed by atoms with E-state index in [9.17, 15) is 0 Å². The summed E-state index contributed by atoms with van der Waals surface area (Å²) in [5.41, 5.74) is 14.1. The predicted octanol–water partition coefficient (Wildman–Crippen LogP) is 12.9. The lowest BCUT2D eigenvalue weighted by atomic mass is 9.66. The third-order valence-corrected chi connectivity index (χ3v) is 10.7. The van der Waals surface area contributed by atoms with Gasteiger partial charge in [0.15, 0.2) is 0 Å². The first-order valence-corrected chi connectivity index (χ1v) is 18.3. The van der Waals surface area contributed by atoms with E-state index in [0.29, 0.717) is 0 Å². The number of fused-ring (bicyclic) bond motifs is 3. The summed E-state index contributed by atoms with van der Waals surface area (Å²) in [6.07, 6.45) is 0. The molecule has 0 bridgehead atoms. The average Bonchev–Trinajstić information content (AvgIpc) is 3.55. The average molecular weight is 698 g/mol. The summed E-state index contributed by atoms with van der Waals surface area (Å²) in [7, 11) is 3.50. The molecule has 9 rings (SSSR count). The van der Waals surface area contributed by atoms with Crippen molar-refractivity contribution in [2.75, 3.05) is 19.1 Å². The van der Waals surface area contributed by atoms with Crippen molar-refractivity contribution in [2.24, 2.45) is 0 Å². The molecule has 0 unspecified atom stereocenters. The smallest absolute Gasteiger partial charge is 0.126 e. The number of methoxy groups -OCH3 is 2. The first kappa shape index (κ1) is 33.0. The summed E-state index contributed by atoms with van der Waals surface area (Å²) in [5, 5.41) is 0. The molecule has 0 N–H and O–H groups in total. The van der Waals surface area contributed by atoms with Gasteiger partial charge in [-0.25, -0.2) is 0 Å². The van der Waals surface area contributed by atoms with Crippen LogP contribution in [0.5, 0.6) is 11.5 Å². The first-order chi connectivity index (χ1) is 26.7. The van der Waals surface area contributed by atoms with E-state index in [1.54, 1.807) is 14.2 Å². The van der Waals surface area contributed by atoms with Crippen molar-refractivity contribution in [3.05, 3.63) is 222 Å². The number of nitrogens with zero attached hydrogens (tertiary/aromatic N) is 1. The summed E-state index contributed by atoms with van der Waals surface area (Å²) in [6.45, 7) is 0. The second-order valence-electron chi connectivity index (χ2n) is 13.6. The second-order valence-corrected chi connectivity index (χ2v) is 13.6. The Bertz CT molecular complexity index is 2440. The standard InChI is InChI=1S/C51H39NO2/c1-53-49-31-27-38(33-45(49)36-17-7-3-8-18-36)51(39-28-32-50(54-2)46(34-39)37-19-9-4-10-20-37)47-26-16-15-25-43(47)44-30-29-42(35-48(44)51)52(40-21-11-5-12-22-40)41-23-13-6-14-24-41/h3-35H,1-2H3. The van der Waals surface area contributed by atoms with Crippen molar-refractivity contribution in [3.8, 4) is 44.9 Å². The van der Waals surface area contributed by atoms with Gasteiger partial charge in [-0.1, -0.05) is 140 Å². The number of ether oxygens (including phenoxy) is 2. The Morgan fingerprint density at radius 3 is 1.30 bits per heavy atom. The van der Waals surface area contributed by atoms with Crippen LogP contribution in [0.2, 0.25) is 0 Å². The molecule has 0 spiro atoms. The quantitative estimate of drug-likeness (QED) is 0.150. The number of rotatable bonds is 9. The number of benzene rings is 8. The zero-order valence-corrected chi connectivity index (χ0v) is 30.3. The molecule has 8 aromatic carbocycles. The normalized spacial score (nSPS) is 12.4. The summed E-state index contributed by atoms with van der Waals surface area (Å²) < 4.78 is 12.1. The molecule has 0 heterocycles. The van der Waals surface area contributed by atoms with Gasteiger partial charge in [-0.15, -0.1) is 0 Å². The van der Waals surface area contributed by atoms with Crippen molar-refractivity contribution < 1.29 is 9.47 Å². The Morgan fingerprint density at radius 1 is 0.352 bits per heavy atom. The van der Waals surface area contributed by atoms with E-state index in [0.717, 1.165) is 61.9 Å². The monoisotopic (exact) mass is 697 g/mol. The van der Waals surface area contributed by atoms with Gasteiger partial charge >= 0.3 is 0 Å². The van der Waals surface area contributed by atoms with Crippen molar-refractivity contribution in [1.29, 1.82) is 0 Å². The molecule has 54 heavy (non-hydrogen) atoms. The molecule has 0 radical (unpaired) electrons. The molecule has 0 aliphatic heterocycles. The molecule has 0 atom stereocenters. The Labute approximate surface area is 317 Å². The number of hydrogen-bond donors (Lipinski definition) is 0. The molecule has 0 saturated carbocycles. The van der Waals surface area contributed by atoms with Crippen molar-refractivity contribution >= 4 is 17.1 Å². The Balaban J connectivity index is 1.39. The summed E-state index contributed by atoms with van der Waals surface area (Å²) in [4.78, 5) is 2.35. The molecule has 0 fully saturated rings. The van der Waals surface area contributed by atoms with Crippen molar-refractivity contribution in [3.63, 3.8) is 0 Å². The number of para-hydroxylation sites is 2. The minimum absolute atomic E-state index is 0.702. The fourth-order valence-corrected chi connectivity index (χ4v) is 8.37. The van der Waals surface area contributed by atoms with Crippen LogP contribution in [-0.2, 0) is 5.41 Å². The Morgan fingerprint density at radius 2 is 0.796 bits per heavy atom. The van der Waals surface area contributed by atoms with Crippen molar-refractivity contribution in [1.82, 2.24) is 0 Å². The maximum Gasteiger partial charge on any atom is 0.126 e. The van der Waals surface area contributed by atoms with Gasteiger partial charge in [0.2, 0.25) is 0 Å². The number of anilines is 3. The van der Waals surface area contributed by atoms with E-state index in [-0.39, 0.29) is 0 Å². The van der Waals surface area contributed by atoms with E-state index in [4.69, 9.17) is 9.47 Å². The highest BCUT2D eigenvalue weighted by Gasteiger charge is 2.47. The minimum Gasteiger partial charge on any atom is -0.496 e. The van der Waals surface area contributed by atoms with Gasteiger partial charge in [0.25, 0.3) is 0 Å². The van der Waals surface area contributed by atoms with Crippen molar-refractivity contribution in [2.45, 2.75) is 5.41 Å². The highest BCUT2D eigenvalue weighted by atomic mass is 16.5. The summed E-state index contributed by atoms with van der Waals surface area (Å²) in [6, 6.07) is 71.6. The second kappa shape index (κ2) is 13.9. The van der Waals surface area contributed by atoms with Gasteiger partial charge in [0.05, 0.1) is 19.6 Å². The fourth-order valence-electron chi connectivity index (χ4n) is 8.37. The lowest BCUT2D eigenvalue weighted by Crippen LogP contribution is -2.29. The predicted molar refractivity (Wildman–Crippen MR) is 222 cm³/mol. The van der Waals surface area contributed by atoms with E-state index in [1.807, 2.05) is 0 Å². The van der Waals surface area contributed by atoms with Crippen LogP contribution in [0.4, 0.5) is 17.1 Å². The lowest BCUT2D eigenvalue weighted by Gasteiger charge is -2.36. The molecule has 3 heteroatoms. The van der Waals surface area contributed by atoms with Crippen LogP contribution in [0.1, 0.15) is 22.3 Å². The van der Waals surface area contributed by atoms with E-state index in [1.165, 1.54) is 22.3 Å². The minimum atomic E-state index is -0.702. The summed E-state index contributed by atoms with van der Waals surface area (Å²) >= 11 is 0. The highest BCUT2D eigenvalue weighted by molar-refractivity contribution is 5.91. The van der Waals surface area contributed by atoms with Gasteiger partial charge in [0.1, 0.15) is 11.5 Å². The van der Waals surface area contributed by atoms with Gasteiger partial charge in [0, 0.05) is 28.2 Å². The molecular formula is C51H39NO2. The molecule has 8 aromatic rings. The van der Waals surface area contributed by atoms with Crippen LogP contribution < -0.4 is 14.4 Å². The van der Waals surface area contributed by atoms with Gasteiger partial charge < -0.3 is 14.4 Å². The Kier molecular flexibility index (Phi) is 8.53.